The standard InChI is InChI=1S/C22H39NO5S.C22H41NO4S/c1-23(29(2,27)28)19(24)21(15-16-21)13-11-9-7-5-3-4-6-8-10-12-14-22(17-18-22)20(25)26;1-23(28(2,26)27)20(25)22(17-18-22)14-12-10-8-6-4-3-5-7-9-11-13-21(19-24)15-16-21/h3-18H2,1-2H3,(H,25,26);24H,3-19H2,1-2H3. The average molecular weight is 845 g/mol. The van der Waals surface area contributed by atoms with Crippen molar-refractivity contribution in [3.05, 3.63) is 0 Å². The molecular formula is C44H80N2O9S2. The summed E-state index contributed by atoms with van der Waals surface area (Å²) < 4.78 is 48.1. The number of aliphatic carboxylic acids is 1. The number of carboxylic acids is 1. The van der Waals surface area contributed by atoms with Gasteiger partial charge < -0.3 is 10.2 Å². The molecule has 2 N–H and O–H groups in total. The molecule has 0 spiro atoms. The predicted octanol–water partition coefficient (Wildman–Crippen LogP) is 9.37. The van der Waals surface area contributed by atoms with E-state index < -0.39 is 31.4 Å². The third-order valence-corrected chi connectivity index (χ3v) is 16.3. The van der Waals surface area contributed by atoms with E-state index in [1.165, 1.54) is 123 Å². The van der Waals surface area contributed by atoms with E-state index in [0.29, 0.717) is 12.0 Å². The number of carbonyl (C=O) groups is 3. The summed E-state index contributed by atoms with van der Waals surface area (Å²) in [7, 11) is -4.13. The van der Waals surface area contributed by atoms with Crippen molar-refractivity contribution in [1.82, 2.24) is 8.61 Å². The summed E-state index contributed by atoms with van der Waals surface area (Å²) in [5.74, 6) is -1.03. The van der Waals surface area contributed by atoms with Gasteiger partial charge in [-0.1, -0.05) is 128 Å². The molecule has 0 radical (unpaired) electrons. The molecule has 4 aliphatic rings. The summed E-state index contributed by atoms with van der Waals surface area (Å²) in [6, 6.07) is 0. The predicted molar refractivity (Wildman–Crippen MR) is 227 cm³/mol. The number of hydrogen-bond acceptors (Lipinski definition) is 8. The fourth-order valence-corrected chi connectivity index (χ4v) is 9.51. The number of carboxylic acid groups (broad SMARTS) is 1. The molecule has 4 aliphatic carbocycles. The molecule has 13 heteroatoms. The van der Waals surface area contributed by atoms with E-state index in [2.05, 4.69) is 0 Å². The molecule has 0 bridgehead atoms. The highest BCUT2D eigenvalue weighted by atomic mass is 32.2. The van der Waals surface area contributed by atoms with Crippen LogP contribution in [0.15, 0.2) is 0 Å². The molecule has 0 heterocycles. The maximum absolute atomic E-state index is 12.4. The van der Waals surface area contributed by atoms with Gasteiger partial charge in [0.2, 0.25) is 31.9 Å². The Hall–Kier alpha value is -1.73. The first-order valence-corrected chi connectivity index (χ1v) is 26.4. The van der Waals surface area contributed by atoms with E-state index in [0.717, 1.165) is 117 Å². The third-order valence-electron chi connectivity index (χ3n) is 14.0. The summed E-state index contributed by atoms with van der Waals surface area (Å²) >= 11 is 0. The van der Waals surface area contributed by atoms with Crippen LogP contribution in [0.2, 0.25) is 0 Å². The fraction of sp³-hybridized carbons (Fsp3) is 0.932. The van der Waals surface area contributed by atoms with Gasteiger partial charge in [0.25, 0.3) is 0 Å². The van der Waals surface area contributed by atoms with Crippen molar-refractivity contribution in [3.8, 4) is 0 Å². The van der Waals surface area contributed by atoms with Gasteiger partial charge in [-0.3, -0.25) is 14.4 Å². The Morgan fingerprint density at radius 3 is 0.895 bits per heavy atom. The van der Waals surface area contributed by atoms with Crippen molar-refractivity contribution in [3.63, 3.8) is 0 Å². The van der Waals surface area contributed by atoms with Crippen LogP contribution >= 0.6 is 0 Å². The second kappa shape index (κ2) is 22.8. The van der Waals surface area contributed by atoms with E-state index in [-0.39, 0.29) is 22.6 Å². The largest absolute Gasteiger partial charge is 0.481 e. The van der Waals surface area contributed by atoms with Crippen LogP contribution in [0, 0.1) is 21.7 Å². The zero-order chi connectivity index (χ0) is 42.2. The fourth-order valence-electron chi connectivity index (χ4n) is 8.52. The molecular weight excluding hydrogens is 765 g/mol. The molecule has 0 aromatic heterocycles. The second-order valence-corrected chi connectivity index (χ2v) is 23.0. The van der Waals surface area contributed by atoms with Crippen LogP contribution < -0.4 is 0 Å². The Balaban J connectivity index is 0.000000306. The van der Waals surface area contributed by atoms with Crippen LogP contribution in [0.4, 0.5) is 0 Å². The van der Waals surface area contributed by atoms with E-state index in [9.17, 15) is 36.3 Å². The van der Waals surface area contributed by atoms with E-state index >= 15 is 0 Å². The zero-order valence-corrected chi connectivity index (χ0v) is 37.9. The van der Waals surface area contributed by atoms with Crippen molar-refractivity contribution in [2.24, 2.45) is 21.7 Å². The molecule has 0 saturated heterocycles. The number of hydrogen-bond donors (Lipinski definition) is 2. The molecule has 0 aromatic carbocycles. The van der Waals surface area contributed by atoms with Gasteiger partial charge in [-0.05, 0) is 82.5 Å². The molecule has 4 saturated carbocycles. The lowest BCUT2D eigenvalue weighted by molar-refractivity contribution is -0.143. The number of carbonyl (C=O) groups excluding carboxylic acids is 2. The molecule has 0 atom stereocenters. The summed E-state index contributed by atoms with van der Waals surface area (Å²) in [5.41, 5.74) is -0.821. The Bertz CT molecular complexity index is 1480. The summed E-state index contributed by atoms with van der Waals surface area (Å²) in [4.78, 5) is 35.9. The van der Waals surface area contributed by atoms with Gasteiger partial charge in [-0.15, -0.1) is 0 Å². The highest BCUT2D eigenvalue weighted by Gasteiger charge is 2.53. The van der Waals surface area contributed by atoms with Crippen LogP contribution in [0.25, 0.3) is 0 Å². The molecule has 332 valence electrons. The first kappa shape index (κ1) is 49.6. The smallest absolute Gasteiger partial charge is 0.309 e. The highest BCUT2D eigenvalue weighted by Crippen LogP contribution is 2.53. The molecule has 11 nitrogen and oxygen atoms in total. The lowest BCUT2D eigenvalue weighted by atomic mass is 9.96. The van der Waals surface area contributed by atoms with Crippen molar-refractivity contribution in [2.75, 3.05) is 33.2 Å². The molecule has 0 aromatic rings. The van der Waals surface area contributed by atoms with Gasteiger partial charge in [-0.2, -0.15) is 0 Å². The van der Waals surface area contributed by atoms with E-state index in [1.54, 1.807) is 0 Å². The SMILES string of the molecule is CN(C(=O)C1(CCCCCCCCCCCCC2(C(=O)O)CC2)CC1)S(C)(=O)=O.CN(C(=O)C1(CCCCCCCCCCCCC2(CO)CC2)CC1)S(C)(=O)=O. The molecule has 0 unspecified atom stereocenters. The summed E-state index contributed by atoms with van der Waals surface area (Å²) in [5, 5.41) is 18.5. The van der Waals surface area contributed by atoms with Gasteiger partial charge in [0.05, 0.1) is 28.8 Å². The minimum absolute atomic E-state index is 0.207. The molecule has 2 amide bonds. The van der Waals surface area contributed by atoms with Crippen LogP contribution in [0.1, 0.15) is 205 Å². The number of amides is 2. The van der Waals surface area contributed by atoms with Gasteiger partial charge in [0, 0.05) is 20.7 Å². The van der Waals surface area contributed by atoms with Crippen LogP contribution in [0.5, 0.6) is 0 Å². The topological polar surface area (TPSA) is 166 Å². The number of nitrogens with zero attached hydrogens (tertiary/aromatic N) is 2. The molecule has 57 heavy (non-hydrogen) atoms. The molecule has 0 aliphatic heterocycles. The highest BCUT2D eigenvalue weighted by molar-refractivity contribution is 7.89. The van der Waals surface area contributed by atoms with Crippen LogP contribution in [-0.4, -0.2) is 86.7 Å². The minimum atomic E-state index is -3.45. The monoisotopic (exact) mass is 845 g/mol. The Morgan fingerprint density at radius 1 is 0.439 bits per heavy atom. The van der Waals surface area contributed by atoms with Crippen molar-refractivity contribution in [1.29, 1.82) is 0 Å². The molecule has 4 fully saturated rings. The van der Waals surface area contributed by atoms with E-state index in [4.69, 9.17) is 5.11 Å². The lowest BCUT2D eigenvalue weighted by Gasteiger charge is -2.21. The van der Waals surface area contributed by atoms with Gasteiger partial charge in [0.15, 0.2) is 0 Å². The van der Waals surface area contributed by atoms with Crippen LogP contribution in [-0.2, 0) is 34.4 Å². The van der Waals surface area contributed by atoms with Gasteiger partial charge in [-0.25, -0.2) is 25.4 Å². The van der Waals surface area contributed by atoms with E-state index in [1.807, 2.05) is 0 Å². The third kappa shape index (κ3) is 17.0. The van der Waals surface area contributed by atoms with Crippen LogP contribution in [0.3, 0.4) is 0 Å². The maximum Gasteiger partial charge on any atom is 0.309 e. The minimum Gasteiger partial charge on any atom is -0.481 e. The zero-order valence-electron chi connectivity index (χ0n) is 36.3. The van der Waals surface area contributed by atoms with Gasteiger partial charge in [0.1, 0.15) is 0 Å². The van der Waals surface area contributed by atoms with Crippen molar-refractivity contribution >= 4 is 37.8 Å². The van der Waals surface area contributed by atoms with Gasteiger partial charge >= 0.3 is 5.97 Å². The number of sulfonamides is 2. The maximum atomic E-state index is 12.4. The second-order valence-electron chi connectivity index (χ2n) is 18.9. The first-order valence-electron chi connectivity index (χ1n) is 22.7. The lowest BCUT2D eigenvalue weighted by Crippen LogP contribution is -2.38. The Morgan fingerprint density at radius 2 is 0.684 bits per heavy atom. The van der Waals surface area contributed by atoms with Crippen molar-refractivity contribution in [2.45, 2.75) is 205 Å². The average Bonchev–Trinajstić information content (AvgIpc) is 3.97. The number of aliphatic hydroxyl groups excluding tert-OH is 1. The first-order chi connectivity index (χ1) is 26.9. The van der Waals surface area contributed by atoms with Crippen molar-refractivity contribution < 1.29 is 41.4 Å². The normalized spacial score (nSPS) is 19.2. The molecule has 4 rings (SSSR count). The number of unbranched alkanes of at least 4 members (excludes halogenated alkanes) is 18. The Labute approximate surface area is 347 Å². The number of aliphatic hydroxyl groups is 1. The summed E-state index contributed by atoms with van der Waals surface area (Å²) in [6.45, 7) is 0.386. The Kier molecular flexibility index (Phi) is 19.8. The number of rotatable bonds is 32. The quantitative estimate of drug-likeness (QED) is 0.0628. The summed E-state index contributed by atoms with van der Waals surface area (Å²) in [6.07, 6.45) is 37.5.